The Kier molecular flexibility index (Phi) is 5.37. The molecule has 0 bridgehead atoms. The van der Waals surface area contributed by atoms with Gasteiger partial charge in [-0.25, -0.2) is 0 Å². The minimum Gasteiger partial charge on any atom is -0.370 e. The first-order valence-corrected chi connectivity index (χ1v) is 9.39. The first-order chi connectivity index (χ1) is 12.1. The van der Waals surface area contributed by atoms with Gasteiger partial charge in [-0.2, -0.15) is 0 Å². The maximum atomic E-state index is 12.9. The molecule has 132 valence electrons. The second kappa shape index (κ2) is 7.69. The number of aryl methyl sites for hydroxylation is 1. The number of aromatic nitrogens is 4. The second-order valence-corrected chi connectivity index (χ2v) is 6.93. The maximum Gasteiger partial charge on any atom is 0.262 e. The number of carbonyl (C=O) groups excluding carboxylic acids is 1. The number of benzene rings is 1. The molecule has 3 rings (SSSR count). The van der Waals surface area contributed by atoms with E-state index in [0.29, 0.717) is 28.6 Å². The monoisotopic (exact) mass is 359 g/mol. The summed E-state index contributed by atoms with van der Waals surface area (Å²) in [5.41, 5.74) is 5.94. The van der Waals surface area contributed by atoms with Gasteiger partial charge in [0.15, 0.2) is 5.16 Å². The summed E-state index contributed by atoms with van der Waals surface area (Å²) in [7, 11) is 0. The summed E-state index contributed by atoms with van der Waals surface area (Å²) in [5.74, 6) is 0.725. The molecule has 2 N–H and O–H groups in total. The lowest BCUT2D eigenvalue weighted by Crippen LogP contribution is -2.23. The molecule has 0 atom stereocenters. The number of nitrogens with two attached hydrogens (primary N) is 1. The molecular formula is C17H21N5O2S. The fourth-order valence-electron chi connectivity index (χ4n) is 2.79. The van der Waals surface area contributed by atoms with Crippen molar-refractivity contribution < 1.29 is 4.79 Å². The van der Waals surface area contributed by atoms with Gasteiger partial charge in [-0.05, 0) is 18.6 Å². The lowest BCUT2D eigenvalue weighted by molar-refractivity contribution is -0.117. The van der Waals surface area contributed by atoms with Gasteiger partial charge in [-0.3, -0.25) is 18.6 Å². The topological polar surface area (TPSA) is 95.3 Å². The summed E-state index contributed by atoms with van der Waals surface area (Å²) >= 11 is 1.42. The average molecular weight is 359 g/mol. The predicted molar refractivity (Wildman–Crippen MR) is 98.8 cm³/mol. The van der Waals surface area contributed by atoms with Crippen molar-refractivity contribution in [3.8, 4) is 0 Å². The van der Waals surface area contributed by atoms with Gasteiger partial charge in [0.2, 0.25) is 11.7 Å². The molecule has 0 unspecified atom stereocenters. The lowest BCUT2D eigenvalue weighted by atomic mass is 10.2. The van der Waals surface area contributed by atoms with Gasteiger partial charge in [0.1, 0.15) is 0 Å². The Morgan fingerprint density at radius 2 is 2.04 bits per heavy atom. The fourth-order valence-corrected chi connectivity index (χ4v) is 3.68. The number of hydrogen-bond acceptors (Lipinski definition) is 5. The summed E-state index contributed by atoms with van der Waals surface area (Å²) in [6.45, 7) is 2.74. The Morgan fingerprint density at radius 3 is 2.80 bits per heavy atom. The van der Waals surface area contributed by atoms with E-state index in [-0.39, 0.29) is 17.9 Å². The van der Waals surface area contributed by atoms with Crippen LogP contribution in [0.4, 0.5) is 0 Å². The minimum absolute atomic E-state index is 0.0414. The van der Waals surface area contributed by atoms with Crippen molar-refractivity contribution in [3.63, 3.8) is 0 Å². The van der Waals surface area contributed by atoms with E-state index in [0.717, 1.165) is 24.8 Å². The van der Waals surface area contributed by atoms with Gasteiger partial charge in [-0.15, -0.1) is 10.2 Å². The van der Waals surface area contributed by atoms with Crippen molar-refractivity contribution >= 4 is 34.3 Å². The fraction of sp³-hybridized carbons (Fsp3) is 0.412. The number of hydrogen-bond donors (Lipinski definition) is 1. The molecule has 1 aromatic carbocycles. The van der Waals surface area contributed by atoms with Crippen LogP contribution < -0.4 is 11.3 Å². The van der Waals surface area contributed by atoms with Crippen LogP contribution in [-0.2, 0) is 11.3 Å². The number of fused-ring (bicyclic) bond motifs is 3. The zero-order chi connectivity index (χ0) is 17.8. The molecule has 0 radical (unpaired) electrons. The highest BCUT2D eigenvalue weighted by atomic mass is 32.2. The Balaban J connectivity index is 2.11. The predicted octanol–water partition coefficient (Wildman–Crippen LogP) is 2.20. The first kappa shape index (κ1) is 17.5. The third-order valence-electron chi connectivity index (χ3n) is 4.04. The molecule has 25 heavy (non-hydrogen) atoms. The number of para-hydroxylation sites is 1. The molecule has 7 nitrogen and oxygen atoms in total. The molecule has 0 spiro atoms. The van der Waals surface area contributed by atoms with E-state index in [4.69, 9.17) is 5.73 Å². The maximum absolute atomic E-state index is 12.9. The van der Waals surface area contributed by atoms with E-state index in [1.54, 1.807) is 4.57 Å². The summed E-state index contributed by atoms with van der Waals surface area (Å²) < 4.78 is 3.59. The minimum atomic E-state index is -0.345. The number of rotatable bonds is 8. The van der Waals surface area contributed by atoms with Crippen LogP contribution in [0.2, 0.25) is 0 Å². The molecule has 0 saturated carbocycles. The molecule has 0 aliphatic carbocycles. The van der Waals surface area contributed by atoms with Crippen LogP contribution in [-0.4, -0.2) is 30.8 Å². The van der Waals surface area contributed by atoms with Crippen LogP contribution in [0.5, 0.6) is 0 Å². The summed E-state index contributed by atoms with van der Waals surface area (Å²) in [6.07, 6.45) is 3.33. The van der Waals surface area contributed by atoms with Gasteiger partial charge in [0, 0.05) is 18.7 Å². The molecule has 2 aromatic heterocycles. The second-order valence-electron chi connectivity index (χ2n) is 5.86. The molecule has 3 aromatic rings. The highest BCUT2D eigenvalue weighted by molar-refractivity contribution is 7.99. The normalized spacial score (nSPS) is 11.4. The van der Waals surface area contributed by atoms with Gasteiger partial charge < -0.3 is 5.73 Å². The van der Waals surface area contributed by atoms with Crippen LogP contribution >= 0.6 is 11.8 Å². The van der Waals surface area contributed by atoms with E-state index in [2.05, 4.69) is 17.1 Å². The van der Waals surface area contributed by atoms with E-state index in [1.807, 2.05) is 28.7 Å². The van der Waals surface area contributed by atoms with Crippen molar-refractivity contribution in [3.05, 3.63) is 34.6 Å². The molecule has 0 fully saturated rings. The summed E-state index contributed by atoms with van der Waals surface area (Å²) in [6, 6.07) is 7.46. The lowest BCUT2D eigenvalue weighted by Gasteiger charge is -2.11. The van der Waals surface area contributed by atoms with Crippen molar-refractivity contribution in [2.45, 2.75) is 44.3 Å². The molecule has 8 heteroatoms. The van der Waals surface area contributed by atoms with Crippen LogP contribution in [0.3, 0.4) is 0 Å². The van der Waals surface area contributed by atoms with Gasteiger partial charge in [0.05, 0.1) is 10.9 Å². The smallest absolute Gasteiger partial charge is 0.262 e. The Hall–Kier alpha value is -2.35. The van der Waals surface area contributed by atoms with Crippen molar-refractivity contribution in [2.75, 3.05) is 5.75 Å². The van der Waals surface area contributed by atoms with Gasteiger partial charge in [0.25, 0.3) is 5.56 Å². The standard InChI is InChI=1S/C17H21N5O2S/c1-2-3-6-10-21-15(24)12-7-4-5-8-13(12)22-16(21)19-20-17(22)25-11-9-14(18)23/h4-5,7-8H,2-3,6,9-11H2,1H3,(H2,18,23). The molecule has 1 amide bonds. The number of primary amides is 1. The molecule has 0 aliphatic heterocycles. The zero-order valence-electron chi connectivity index (χ0n) is 14.1. The first-order valence-electron chi connectivity index (χ1n) is 8.41. The van der Waals surface area contributed by atoms with E-state index < -0.39 is 0 Å². The quantitative estimate of drug-likeness (QED) is 0.491. The summed E-state index contributed by atoms with van der Waals surface area (Å²) in [5, 5.41) is 9.79. The van der Waals surface area contributed by atoms with Crippen LogP contribution in [0, 0.1) is 0 Å². The Labute approximate surface area is 149 Å². The number of carbonyl (C=O) groups is 1. The number of thioether (sulfide) groups is 1. The molecule has 2 heterocycles. The van der Waals surface area contributed by atoms with E-state index >= 15 is 0 Å². The van der Waals surface area contributed by atoms with Gasteiger partial charge >= 0.3 is 0 Å². The highest BCUT2D eigenvalue weighted by Gasteiger charge is 2.16. The van der Waals surface area contributed by atoms with E-state index in [9.17, 15) is 9.59 Å². The summed E-state index contributed by atoms with van der Waals surface area (Å²) in [4.78, 5) is 23.8. The average Bonchev–Trinajstić information content (AvgIpc) is 3.01. The van der Waals surface area contributed by atoms with Crippen LogP contribution in [0.15, 0.2) is 34.2 Å². The number of nitrogens with zero attached hydrogens (tertiary/aromatic N) is 4. The number of unbranched alkanes of at least 4 members (excludes halogenated alkanes) is 2. The van der Waals surface area contributed by atoms with Crippen molar-refractivity contribution in [1.29, 1.82) is 0 Å². The third-order valence-corrected chi connectivity index (χ3v) is 4.97. The van der Waals surface area contributed by atoms with Crippen molar-refractivity contribution in [1.82, 2.24) is 19.2 Å². The van der Waals surface area contributed by atoms with Crippen LogP contribution in [0.1, 0.15) is 32.6 Å². The SMILES string of the molecule is CCCCCn1c(=O)c2ccccc2n2c(SCCC(N)=O)nnc12. The van der Waals surface area contributed by atoms with Crippen molar-refractivity contribution in [2.24, 2.45) is 5.73 Å². The zero-order valence-corrected chi connectivity index (χ0v) is 15.0. The largest absolute Gasteiger partial charge is 0.370 e. The number of amides is 1. The molecule has 0 saturated heterocycles. The van der Waals surface area contributed by atoms with Crippen LogP contribution in [0.25, 0.3) is 16.7 Å². The van der Waals surface area contributed by atoms with Gasteiger partial charge in [-0.1, -0.05) is 43.7 Å². The molecular weight excluding hydrogens is 338 g/mol. The highest BCUT2D eigenvalue weighted by Crippen LogP contribution is 2.22. The van der Waals surface area contributed by atoms with E-state index in [1.165, 1.54) is 11.8 Å². The third kappa shape index (κ3) is 3.53. The Morgan fingerprint density at radius 1 is 1.24 bits per heavy atom. The Bertz CT molecular complexity index is 963. The molecule has 0 aliphatic rings.